The largest absolute Gasteiger partial charge is 0.459 e. The quantitative estimate of drug-likeness (QED) is 0.454. The lowest BCUT2D eigenvalue weighted by molar-refractivity contribution is -0.166. The van der Waals surface area contributed by atoms with Crippen LogP contribution in [0.15, 0.2) is 0 Å². The maximum atomic E-state index is 11.8. The van der Waals surface area contributed by atoms with Gasteiger partial charge in [-0.1, -0.05) is 22.6 Å². The third kappa shape index (κ3) is 2.84. The lowest BCUT2D eigenvalue weighted by Crippen LogP contribution is -2.36. The van der Waals surface area contributed by atoms with Crippen molar-refractivity contribution in [2.24, 2.45) is 5.41 Å². The fourth-order valence-corrected chi connectivity index (χ4v) is 1.95. The number of rotatable bonds is 3. The molecule has 0 radical (unpaired) electrons. The van der Waals surface area contributed by atoms with E-state index in [0.717, 1.165) is 17.3 Å². The number of carbonyl (C=O) groups is 1. The molecule has 3 heteroatoms. The second-order valence-electron chi connectivity index (χ2n) is 5.06. The Labute approximate surface area is 99.9 Å². The van der Waals surface area contributed by atoms with Crippen molar-refractivity contribution in [3.8, 4) is 0 Å². The zero-order valence-corrected chi connectivity index (χ0v) is 11.4. The minimum atomic E-state index is -0.341. The number of alkyl halides is 1. The molecular formula is C11H19IO2. The monoisotopic (exact) mass is 310 g/mol. The SMILES string of the molecule is CC1(OC(=O)C(C)(C)CI)CCCC1. The number of halogens is 1. The van der Waals surface area contributed by atoms with E-state index in [9.17, 15) is 4.79 Å². The van der Waals surface area contributed by atoms with Gasteiger partial charge < -0.3 is 4.74 Å². The molecule has 0 spiro atoms. The second-order valence-corrected chi connectivity index (χ2v) is 5.83. The zero-order valence-electron chi connectivity index (χ0n) is 9.23. The predicted molar refractivity (Wildman–Crippen MR) is 65.6 cm³/mol. The summed E-state index contributed by atoms with van der Waals surface area (Å²) < 4.78 is 6.42. The van der Waals surface area contributed by atoms with Crippen LogP contribution in [0.5, 0.6) is 0 Å². The van der Waals surface area contributed by atoms with Crippen molar-refractivity contribution in [1.29, 1.82) is 0 Å². The Hall–Kier alpha value is 0.200. The smallest absolute Gasteiger partial charge is 0.312 e. The Morgan fingerprint density at radius 3 is 2.36 bits per heavy atom. The summed E-state index contributed by atoms with van der Waals surface area (Å²) in [5.74, 6) is -0.0451. The number of hydrogen-bond donors (Lipinski definition) is 0. The van der Waals surface area contributed by atoms with Gasteiger partial charge in [0.2, 0.25) is 0 Å². The van der Waals surface area contributed by atoms with Gasteiger partial charge in [-0.3, -0.25) is 4.79 Å². The first kappa shape index (κ1) is 12.3. The molecule has 2 nitrogen and oxygen atoms in total. The molecule has 0 N–H and O–H groups in total. The summed E-state index contributed by atoms with van der Waals surface area (Å²) in [7, 11) is 0. The van der Waals surface area contributed by atoms with Gasteiger partial charge in [0.25, 0.3) is 0 Å². The van der Waals surface area contributed by atoms with E-state index in [0.29, 0.717) is 0 Å². The summed E-state index contributed by atoms with van der Waals surface area (Å²) in [6, 6.07) is 0. The van der Waals surface area contributed by atoms with Crippen LogP contribution in [0.2, 0.25) is 0 Å². The first-order chi connectivity index (χ1) is 6.40. The summed E-state index contributed by atoms with van der Waals surface area (Å²) in [5.41, 5.74) is -0.522. The molecule has 0 amide bonds. The maximum absolute atomic E-state index is 11.8. The normalized spacial score (nSPS) is 20.9. The number of ether oxygens (including phenoxy) is 1. The van der Waals surface area contributed by atoms with Crippen LogP contribution < -0.4 is 0 Å². The van der Waals surface area contributed by atoms with E-state index in [-0.39, 0.29) is 17.0 Å². The van der Waals surface area contributed by atoms with Crippen LogP contribution in [-0.4, -0.2) is 16.0 Å². The van der Waals surface area contributed by atoms with E-state index in [1.54, 1.807) is 0 Å². The molecule has 1 aliphatic carbocycles. The fourth-order valence-electron chi connectivity index (χ4n) is 1.64. The summed E-state index contributed by atoms with van der Waals surface area (Å²) >= 11 is 2.24. The summed E-state index contributed by atoms with van der Waals surface area (Å²) in [6.45, 7) is 5.95. The molecular weight excluding hydrogens is 291 g/mol. The third-order valence-electron chi connectivity index (χ3n) is 2.89. The molecule has 1 fully saturated rings. The lowest BCUT2D eigenvalue weighted by atomic mass is 9.96. The van der Waals surface area contributed by atoms with Crippen LogP contribution in [0, 0.1) is 5.41 Å². The van der Waals surface area contributed by atoms with E-state index in [2.05, 4.69) is 29.5 Å². The molecule has 0 aromatic rings. The van der Waals surface area contributed by atoms with E-state index in [1.165, 1.54) is 12.8 Å². The summed E-state index contributed by atoms with van der Waals surface area (Å²) in [6.07, 6.45) is 4.43. The number of carbonyl (C=O) groups excluding carboxylic acids is 1. The van der Waals surface area contributed by atoms with Gasteiger partial charge in [-0.15, -0.1) is 0 Å². The van der Waals surface area contributed by atoms with Crippen molar-refractivity contribution < 1.29 is 9.53 Å². The predicted octanol–water partition coefficient (Wildman–Crippen LogP) is 3.32. The van der Waals surface area contributed by atoms with Crippen LogP contribution in [-0.2, 0) is 9.53 Å². The van der Waals surface area contributed by atoms with Crippen molar-refractivity contribution in [3.63, 3.8) is 0 Å². The van der Waals surface area contributed by atoms with Crippen molar-refractivity contribution in [2.75, 3.05) is 4.43 Å². The Kier molecular flexibility index (Phi) is 3.83. The molecule has 0 saturated heterocycles. The van der Waals surface area contributed by atoms with E-state index >= 15 is 0 Å². The molecule has 0 unspecified atom stereocenters. The van der Waals surface area contributed by atoms with Crippen molar-refractivity contribution in [2.45, 2.75) is 52.1 Å². The highest BCUT2D eigenvalue weighted by Crippen LogP contribution is 2.35. The van der Waals surface area contributed by atoms with Gasteiger partial charge in [0.15, 0.2) is 0 Å². The first-order valence-electron chi connectivity index (χ1n) is 5.19. The summed E-state index contributed by atoms with van der Waals surface area (Å²) in [4.78, 5) is 11.8. The van der Waals surface area contributed by atoms with Gasteiger partial charge in [-0.05, 0) is 46.5 Å². The number of esters is 1. The molecule has 1 aliphatic rings. The average Bonchev–Trinajstić information content (AvgIpc) is 2.52. The molecule has 0 aromatic carbocycles. The minimum Gasteiger partial charge on any atom is -0.459 e. The molecule has 1 rings (SSSR count). The van der Waals surface area contributed by atoms with E-state index in [4.69, 9.17) is 4.74 Å². The molecule has 0 bridgehead atoms. The topological polar surface area (TPSA) is 26.3 Å². The van der Waals surface area contributed by atoms with Gasteiger partial charge in [-0.25, -0.2) is 0 Å². The maximum Gasteiger partial charge on any atom is 0.312 e. The lowest BCUT2D eigenvalue weighted by Gasteiger charge is -2.29. The Balaban J connectivity index is 2.55. The Bertz CT molecular complexity index is 217. The highest BCUT2D eigenvalue weighted by Gasteiger charge is 2.37. The van der Waals surface area contributed by atoms with E-state index < -0.39 is 0 Å². The highest BCUT2D eigenvalue weighted by molar-refractivity contribution is 14.1. The van der Waals surface area contributed by atoms with Crippen LogP contribution in [0.4, 0.5) is 0 Å². The first-order valence-corrected chi connectivity index (χ1v) is 6.72. The third-order valence-corrected chi connectivity index (χ3v) is 4.79. The second kappa shape index (κ2) is 4.37. The zero-order chi connectivity index (χ0) is 10.8. The summed E-state index contributed by atoms with van der Waals surface area (Å²) in [5, 5.41) is 0. The Morgan fingerprint density at radius 2 is 1.93 bits per heavy atom. The average molecular weight is 310 g/mol. The molecule has 14 heavy (non-hydrogen) atoms. The molecule has 82 valence electrons. The Morgan fingerprint density at radius 1 is 1.43 bits per heavy atom. The van der Waals surface area contributed by atoms with Crippen molar-refractivity contribution in [3.05, 3.63) is 0 Å². The van der Waals surface area contributed by atoms with Gasteiger partial charge in [0.1, 0.15) is 5.60 Å². The molecule has 0 aliphatic heterocycles. The van der Waals surface area contributed by atoms with Crippen molar-refractivity contribution >= 4 is 28.6 Å². The standard InChI is InChI=1S/C11H19IO2/c1-10(2,8-12)9(13)14-11(3)6-4-5-7-11/h4-8H2,1-3H3. The van der Waals surface area contributed by atoms with Gasteiger partial charge >= 0.3 is 5.97 Å². The van der Waals surface area contributed by atoms with Gasteiger partial charge in [-0.2, -0.15) is 0 Å². The molecule has 1 saturated carbocycles. The van der Waals surface area contributed by atoms with Crippen molar-refractivity contribution in [1.82, 2.24) is 0 Å². The van der Waals surface area contributed by atoms with Crippen LogP contribution in [0.1, 0.15) is 46.5 Å². The molecule has 0 atom stereocenters. The van der Waals surface area contributed by atoms with Crippen LogP contribution >= 0.6 is 22.6 Å². The van der Waals surface area contributed by atoms with Crippen LogP contribution in [0.25, 0.3) is 0 Å². The fraction of sp³-hybridized carbons (Fsp3) is 0.909. The number of hydrogen-bond acceptors (Lipinski definition) is 2. The van der Waals surface area contributed by atoms with Gasteiger partial charge in [0, 0.05) is 4.43 Å². The van der Waals surface area contributed by atoms with Gasteiger partial charge in [0.05, 0.1) is 5.41 Å². The molecule has 0 heterocycles. The van der Waals surface area contributed by atoms with E-state index in [1.807, 2.05) is 13.8 Å². The van der Waals surface area contributed by atoms with Crippen LogP contribution in [0.3, 0.4) is 0 Å². The molecule has 0 aromatic heterocycles. The highest BCUT2D eigenvalue weighted by atomic mass is 127. The minimum absolute atomic E-state index is 0.0451.